The average Bonchev–Trinajstić information content (AvgIpc) is 2.40. The second kappa shape index (κ2) is 12.9. The molecule has 0 saturated carbocycles. The summed E-state index contributed by atoms with van der Waals surface area (Å²) in [7, 11) is 0. The Morgan fingerprint density at radius 3 is 1.84 bits per heavy atom. The van der Waals surface area contributed by atoms with Crippen molar-refractivity contribution >= 4 is 0 Å². The van der Waals surface area contributed by atoms with Crippen LogP contribution >= 0.6 is 0 Å². The van der Waals surface area contributed by atoms with Crippen molar-refractivity contribution in [3.8, 4) is 0 Å². The van der Waals surface area contributed by atoms with Crippen LogP contribution in [0.4, 0.5) is 0 Å². The Balaban J connectivity index is 4.36. The summed E-state index contributed by atoms with van der Waals surface area (Å²) in [6.07, 6.45) is 3.31. The fraction of sp³-hybridized carbons (Fsp3) is 1.00. The summed E-state index contributed by atoms with van der Waals surface area (Å²) in [6.45, 7) is 13.5. The number of nitrogens with zero attached hydrogens (tertiary/aromatic N) is 1. The van der Waals surface area contributed by atoms with Gasteiger partial charge in [0.1, 0.15) is 0 Å². The third-order valence-electron chi connectivity index (χ3n) is 3.46. The van der Waals surface area contributed by atoms with Crippen molar-refractivity contribution in [3.05, 3.63) is 0 Å². The van der Waals surface area contributed by atoms with Crippen molar-refractivity contribution in [2.24, 2.45) is 5.73 Å². The molecule has 0 rings (SSSR count). The van der Waals surface area contributed by atoms with Gasteiger partial charge in [0.25, 0.3) is 0 Å². The van der Waals surface area contributed by atoms with Gasteiger partial charge in [-0.2, -0.15) is 0 Å². The lowest BCUT2D eigenvalue weighted by Crippen LogP contribution is -2.49. The first-order valence-corrected chi connectivity index (χ1v) is 7.86. The Hall–Kier alpha value is -0.160. The van der Waals surface area contributed by atoms with Crippen LogP contribution in [0.2, 0.25) is 0 Å². The minimum absolute atomic E-state index is 0.248. The summed E-state index contributed by atoms with van der Waals surface area (Å²) in [6, 6.07) is 0.680. The highest BCUT2D eigenvalue weighted by Crippen LogP contribution is 2.12. The van der Waals surface area contributed by atoms with Crippen LogP contribution in [0.15, 0.2) is 0 Å². The van der Waals surface area contributed by atoms with Crippen LogP contribution in [-0.2, 0) is 9.47 Å². The molecule has 0 radical (unpaired) electrons. The van der Waals surface area contributed by atoms with Gasteiger partial charge in [0, 0.05) is 38.4 Å². The Labute approximate surface area is 119 Å². The van der Waals surface area contributed by atoms with Crippen LogP contribution in [0.1, 0.15) is 47.0 Å². The predicted molar refractivity (Wildman–Crippen MR) is 81.5 cm³/mol. The van der Waals surface area contributed by atoms with Crippen LogP contribution in [0.5, 0.6) is 0 Å². The van der Waals surface area contributed by atoms with Crippen LogP contribution < -0.4 is 5.73 Å². The number of nitrogens with two attached hydrogens (primary N) is 1. The Bertz CT molecular complexity index is 181. The molecule has 0 aliphatic heterocycles. The molecule has 0 aromatic rings. The van der Waals surface area contributed by atoms with Crippen molar-refractivity contribution < 1.29 is 9.47 Å². The molecule has 116 valence electrons. The number of hydrogen-bond donors (Lipinski definition) is 1. The molecule has 0 aliphatic rings. The van der Waals surface area contributed by atoms with Gasteiger partial charge in [-0.25, -0.2) is 0 Å². The van der Waals surface area contributed by atoms with E-state index in [1.807, 2.05) is 13.8 Å². The average molecular weight is 274 g/mol. The first kappa shape index (κ1) is 18.8. The molecule has 19 heavy (non-hydrogen) atoms. The van der Waals surface area contributed by atoms with Crippen molar-refractivity contribution in [3.63, 3.8) is 0 Å². The highest BCUT2D eigenvalue weighted by atomic mass is 16.5. The molecule has 0 spiro atoms. The molecule has 0 amide bonds. The fourth-order valence-corrected chi connectivity index (χ4v) is 2.45. The minimum Gasteiger partial charge on any atom is -0.380 e. The van der Waals surface area contributed by atoms with E-state index < -0.39 is 0 Å². The van der Waals surface area contributed by atoms with Gasteiger partial charge in [-0.1, -0.05) is 20.3 Å². The van der Waals surface area contributed by atoms with Crippen LogP contribution in [0, 0.1) is 0 Å². The van der Waals surface area contributed by atoms with Crippen molar-refractivity contribution in [2.45, 2.75) is 59.0 Å². The lowest BCUT2D eigenvalue weighted by atomic mass is 10.00. The summed E-state index contributed by atoms with van der Waals surface area (Å²) < 4.78 is 11.0. The monoisotopic (exact) mass is 274 g/mol. The highest BCUT2D eigenvalue weighted by Gasteiger charge is 2.22. The van der Waals surface area contributed by atoms with E-state index in [0.29, 0.717) is 6.04 Å². The van der Waals surface area contributed by atoms with Gasteiger partial charge >= 0.3 is 0 Å². The largest absolute Gasteiger partial charge is 0.380 e. The molecule has 0 aromatic carbocycles. The predicted octanol–water partition coefficient (Wildman–Crippen LogP) is 2.27. The first-order valence-electron chi connectivity index (χ1n) is 7.86. The molecule has 0 fully saturated rings. The van der Waals surface area contributed by atoms with Gasteiger partial charge in [0.05, 0.1) is 13.2 Å². The third kappa shape index (κ3) is 8.58. The van der Waals surface area contributed by atoms with E-state index in [4.69, 9.17) is 15.2 Å². The number of rotatable bonds is 13. The Kier molecular flexibility index (Phi) is 12.7. The topological polar surface area (TPSA) is 47.7 Å². The Morgan fingerprint density at radius 2 is 1.47 bits per heavy atom. The molecular weight excluding hydrogens is 240 g/mol. The standard InChI is InChI=1S/C15H34N2O2/c1-5-9-14(16)15(6-2)17(10-12-18-7-3)11-13-19-8-4/h14-15H,5-13,16H2,1-4H3. The molecule has 0 saturated heterocycles. The van der Waals surface area contributed by atoms with Crippen LogP contribution in [-0.4, -0.2) is 56.5 Å². The van der Waals surface area contributed by atoms with E-state index in [9.17, 15) is 0 Å². The molecular formula is C15H34N2O2. The van der Waals surface area contributed by atoms with Crippen LogP contribution in [0.25, 0.3) is 0 Å². The highest BCUT2D eigenvalue weighted by molar-refractivity contribution is 4.81. The quantitative estimate of drug-likeness (QED) is 0.523. The van der Waals surface area contributed by atoms with Crippen molar-refractivity contribution in [1.29, 1.82) is 0 Å². The minimum atomic E-state index is 0.248. The second-order valence-electron chi connectivity index (χ2n) is 4.86. The summed E-state index contributed by atoms with van der Waals surface area (Å²) in [5, 5.41) is 0. The lowest BCUT2D eigenvalue weighted by molar-refractivity contribution is 0.0542. The van der Waals surface area contributed by atoms with Crippen molar-refractivity contribution in [2.75, 3.05) is 39.5 Å². The fourth-order valence-electron chi connectivity index (χ4n) is 2.45. The maximum Gasteiger partial charge on any atom is 0.0593 e. The van der Waals surface area contributed by atoms with E-state index in [2.05, 4.69) is 18.7 Å². The third-order valence-corrected chi connectivity index (χ3v) is 3.46. The van der Waals surface area contributed by atoms with Gasteiger partial charge in [-0.3, -0.25) is 4.90 Å². The normalized spacial score (nSPS) is 14.8. The van der Waals surface area contributed by atoms with E-state index in [1.165, 1.54) is 0 Å². The smallest absolute Gasteiger partial charge is 0.0593 e. The zero-order valence-electron chi connectivity index (χ0n) is 13.4. The summed E-state index contributed by atoms with van der Waals surface area (Å²) in [4.78, 5) is 2.44. The molecule has 0 bridgehead atoms. The first-order chi connectivity index (χ1) is 9.21. The second-order valence-corrected chi connectivity index (χ2v) is 4.86. The summed E-state index contributed by atoms with van der Waals surface area (Å²) in [5.74, 6) is 0. The molecule has 4 nitrogen and oxygen atoms in total. The molecule has 0 aliphatic carbocycles. The van der Waals surface area contributed by atoms with E-state index >= 15 is 0 Å². The van der Waals surface area contributed by atoms with E-state index in [-0.39, 0.29) is 6.04 Å². The van der Waals surface area contributed by atoms with E-state index in [0.717, 1.165) is 58.8 Å². The maximum absolute atomic E-state index is 6.33. The molecule has 4 heteroatoms. The zero-order valence-corrected chi connectivity index (χ0v) is 13.4. The SMILES string of the molecule is CCCC(N)C(CC)N(CCOCC)CCOCC. The maximum atomic E-state index is 6.33. The molecule has 2 N–H and O–H groups in total. The molecule has 2 unspecified atom stereocenters. The molecule has 0 aromatic heterocycles. The summed E-state index contributed by atoms with van der Waals surface area (Å²) in [5.41, 5.74) is 6.33. The van der Waals surface area contributed by atoms with Crippen molar-refractivity contribution in [1.82, 2.24) is 4.90 Å². The van der Waals surface area contributed by atoms with Gasteiger partial charge in [0.2, 0.25) is 0 Å². The van der Waals surface area contributed by atoms with Gasteiger partial charge in [0.15, 0.2) is 0 Å². The Morgan fingerprint density at radius 1 is 0.947 bits per heavy atom. The molecule has 0 heterocycles. The van der Waals surface area contributed by atoms with Crippen LogP contribution in [0.3, 0.4) is 0 Å². The number of ether oxygens (including phenoxy) is 2. The zero-order chi connectivity index (χ0) is 14.5. The summed E-state index contributed by atoms with van der Waals surface area (Å²) >= 11 is 0. The lowest BCUT2D eigenvalue weighted by Gasteiger charge is -2.35. The van der Waals surface area contributed by atoms with Gasteiger partial charge in [-0.15, -0.1) is 0 Å². The van der Waals surface area contributed by atoms with E-state index in [1.54, 1.807) is 0 Å². The van der Waals surface area contributed by atoms with Gasteiger partial charge in [-0.05, 0) is 26.7 Å². The van der Waals surface area contributed by atoms with Gasteiger partial charge < -0.3 is 15.2 Å². The molecule has 2 atom stereocenters. The number of hydrogen-bond acceptors (Lipinski definition) is 4.